The summed E-state index contributed by atoms with van der Waals surface area (Å²) >= 11 is 0. The van der Waals surface area contributed by atoms with Crippen molar-refractivity contribution in [2.24, 2.45) is 5.73 Å². The molecule has 0 fully saturated rings. The lowest BCUT2D eigenvalue weighted by molar-refractivity contribution is -0.148. The molecule has 0 aliphatic rings. The molecule has 13 heavy (non-hydrogen) atoms. The van der Waals surface area contributed by atoms with Gasteiger partial charge in [0, 0.05) is 6.61 Å². The molecular weight excluding hydrogens is 170 g/mol. The van der Waals surface area contributed by atoms with Crippen LogP contribution in [0.4, 0.5) is 0 Å². The molecule has 0 saturated carbocycles. The highest BCUT2D eigenvalue weighted by atomic mass is 16.6. The molecule has 0 aliphatic heterocycles. The molecule has 0 aromatic heterocycles. The zero-order valence-corrected chi connectivity index (χ0v) is 8.25. The molecule has 0 bridgehead atoms. The maximum atomic E-state index is 10.8. The van der Waals surface area contributed by atoms with E-state index < -0.39 is 0 Å². The van der Waals surface area contributed by atoms with Gasteiger partial charge in [0.1, 0.15) is 6.61 Å². The van der Waals surface area contributed by atoms with E-state index in [1.807, 2.05) is 0 Å². The lowest BCUT2D eigenvalue weighted by atomic mass is 10.2. The largest absolute Gasteiger partial charge is 0.464 e. The minimum Gasteiger partial charge on any atom is -0.464 e. The second-order valence-electron chi connectivity index (χ2n) is 2.71. The van der Waals surface area contributed by atoms with Crippen LogP contribution in [0.1, 0.15) is 26.2 Å². The monoisotopic (exact) mass is 189 g/mol. The Bertz CT molecular complexity index is 128. The van der Waals surface area contributed by atoms with Crippen LogP contribution in [-0.4, -0.2) is 32.3 Å². The third-order valence-corrected chi connectivity index (χ3v) is 1.52. The molecule has 0 heterocycles. The third kappa shape index (κ3) is 9.30. The van der Waals surface area contributed by atoms with E-state index in [1.165, 1.54) is 0 Å². The van der Waals surface area contributed by atoms with Gasteiger partial charge in [0.15, 0.2) is 0 Å². The van der Waals surface area contributed by atoms with E-state index in [1.54, 1.807) is 6.92 Å². The van der Waals surface area contributed by atoms with Crippen LogP contribution >= 0.6 is 0 Å². The van der Waals surface area contributed by atoms with Crippen LogP contribution in [0.15, 0.2) is 0 Å². The fraction of sp³-hybridized carbons (Fsp3) is 0.889. The van der Waals surface area contributed by atoms with Crippen molar-refractivity contribution in [3.63, 3.8) is 0 Å². The smallest absolute Gasteiger partial charge is 0.332 e. The molecule has 0 aromatic rings. The number of unbranched alkanes of at least 4 members (excludes halogenated alkanes) is 2. The molecule has 0 unspecified atom stereocenters. The van der Waals surface area contributed by atoms with Gasteiger partial charge in [-0.3, -0.25) is 0 Å². The minimum atomic E-state index is -0.290. The average Bonchev–Trinajstić information content (AvgIpc) is 2.11. The van der Waals surface area contributed by atoms with Crippen molar-refractivity contribution in [3.05, 3.63) is 0 Å². The number of hydrogen-bond acceptors (Lipinski definition) is 4. The Balaban J connectivity index is 3.02. The summed E-state index contributed by atoms with van der Waals surface area (Å²) < 4.78 is 9.76. The van der Waals surface area contributed by atoms with Crippen LogP contribution in [0.25, 0.3) is 0 Å². The first kappa shape index (κ1) is 12.4. The predicted octanol–water partition coefficient (Wildman–Crippen LogP) is 0.695. The van der Waals surface area contributed by atoms with Crippen molar-refractivity contribution in [1.82, 2.24) is 0 Å². The first-order chi connectivity index (χ1) is 6.31. The Labute approximate surface area is 79.4 Å². The molecule has 78 valence electrons. The minimum absolute atomic E-state index is 0.0659. The van der Waals surface area contributed by atoms with Crippen LogP contribution < -0.4 is 5.73 Å². The fourth-order valence-corrected chi connectivity index (χ4v) is 0.883. The molecule has 0 rings (SSSR count). The quantitative estimate of drug-likeness (QED) is 0.451. The van der Waals surface area contributed by atoms with Gasteiger partial charge >= 0.3 is 5.97 Å². The second-order valence-corrected chi connectivity index (χ2v) is 2.71. The molecule has 0 atom stereocenters. The van der Waals surface area contributed by atoms with Gasteiger partial charge in [-0.25, -0.2) is 4.79 Å². The highest BCUT2D eigenvalue weighted by Crippen LogP contribution is 1.94. The maximum absolute atomic E-state index is 10.8. The first-order valence-electron chi connectivity index (χ1n) is 4.74. The SMILES string of the molecule is CCOC(=O)COCCCCCN. The lowest BCUT2D eigenvalue weighted by Crippen LogP contribution is -2.13. The summed E-state index contributed by atoms with van der Waals surface area (Å²) in [5.41, 5.74) is 5.32. The van der Waals surface area contributed by atoms with E-state index in [0.717, 1.165) is 25.8 Å². The number of carbonyl (C=O) groups excluding carboxylic acids is 1. The normalized spacial score (nSPS) is 10.0. The van der Waals surface area contributed by atoms with Crippen molar-refractivity contribution in [2.75, 3.05) is 26.4 Å². The van der Waals surface area contributed by atoms with Crippen LogP contribution in [0, 0.1) is 0 Å². The van der Waals surface area contributed by atoms with E-state index >= 15 is 0 Å². The van der Waals surface area contributed by atoms with Crippen molar-refractivity contribution in [1.29, 1.82) is 0 Å². The van der Waals surface area contributed by atoms with Gasteiger partial charge in [-0.2, -0.15) is 0 Å². The molecule has 2 N–H and O–H groups in total. The lowest BCUT2D eigenvalue weighted by Gasteiger charge is -2.03. The molecule has 0 amide bonds. The standard InChI is InChI=1S/C9H19NO3/c1-2-13-9(11)8-12-7-5-3-4-6-10/h2-8,10H2,1H3. The summed E-state index contributed by atoms with van der Waals surface area (Å²) in [6, 6.07) is 0. The van der Waals surface area contributed by atoms with Gasteiger partial charge < -0.3 is 15.2 Å². The first-order valence-corrected chi connectivity index (χ1v) is 4.74. The molecular formula is C9H19NO3. The highest BCUT2D eigenvalue weighted by Gasteiger charge is 1.99. The number of rotatable bonds is 8. The van der Waals surface area contributed by atoms with Crippen LogP contribution in [0.3, 0.4) is 0 Å². The van der Waals surface area contributed by atoms with E-state index in [0.29, 0.717) is 13.2 Å². The number of ether oxygens (including phenoxy) is 2. The van der Waals surface area contributed by atoms with Crippen LogP contribution in [0.5, 0.6) is 0 Å². The van der Waals surface area contributed by atoms with Gasteiger partial charge in [0.2, 0.25) is 0 Å². The number of hydrogen-bond donors (Lipinski definition) is 1. The van der Waals surface area contributed by atoms with E-state index in [4.69, 9.17) is 10.5 Å². The summed E-state index contributed by atoms with van der Waals surface area (Å²) in [5.74, 6) is -0.290. The molecule has 0 aromatic carbocycles. The van der Waals surface area contributed by atoms with E-state index in [2.05, 4.69) is 4.74 Å². The molecule has 0 radical (unpaired) electrons. The summed E-state index contributed by atoms with van der Waals surface area (Å²) in [4.78, 5) is 10.8. The third-order valence-electron chi connectivity index (χ3n) is 1.52. The molecule has 4 nitrogen and oxygen atoms in total. The van der Waals surface area contributed by atoms with Crippen molar-refractivity contribution in [2.45, 2.75) is 26.2 Å². The zero-order chi connectivity index (χ0) is 9.94. The summed E-state index contributed by atoms with van der Waals surface area (Å²) in [5, 5.41) is 0. The van der Waals surface area contributed by atoms with Gasteiger partial charge in [0.25, 0.3) is 0 Å². The predicted molar refractivity (Wildman–Crippen MR) is 50.4 cm³/mol. The van der Waals surface area contributed by atoms with Gasteiger partial charge in [0.05, 0.1) is 6.61 Å². The fourth-order valence-electron chi connectivity index (χ4n) is 0.883. The average molecular weight is 189 g/mol. The Morgan fingerprint density at radius 1 is 1.31 bits per heavy atom. The topological polar surface area (TPSA) is 61.5 Å². The summed E-state index contributed by atoms with van der Waals surface area (Å²) in [7, 11) is 0. The zero-order valence-electron chi connectivity index (χ0n) is 8.25. The second kappa shape index (κ2) is 9.48. The number of carbonyl (C=O) groups is 1. The van der Waals surface area contributed by atoms with Gasteiger partial charge in [-0.15, -0.1) is 0 Å². The Morgan fingerprint density at radius 2 is 2.08 bits per heavy atom. The highest BCUT2D eigenvalue weighted by molar-refractivity contribution is 5.70. The maximum Gasteiger partial charge on any atom is 0.332 e. The summed E-state index contributed by atoms with van der Waals surface area (Å²) in [6.45, 7) is 3.58. The Morgan fingerprint density at radius 3 is 2.69 bits per heavy atom. The number of esters is 1. The molecule has 0 aliphatic carbocycles. The Kier molecular flexibility index (Phi) is 9.03. The van der Waals surface area contributed by atoms with Crippen LogP contribution in [-0.2, 0) is 14.3 Å². The molecule has 0 spiro atoms. The van der Waals surface area contributed by atoms with Crippen molar-refractivity contribution < 1.29 is 14.3 Å². The molecule has 0 saturated heterocycles. The number of nitrogens with two attached hydrogens (primary N) is 1. The van der Waals surface area contributed by atoms with Crippen molar-refractivity contribution >= 4 is 5.97 Å². The molecule has 4 heteroatoms. The van der Waals surface area contributed by atoms with E-state index in [-0.39, 0.29) is 12.6 Å². The van der Waals surface area contributed by atoms with Crippen LogP contribution in [0.2, 0.25) is 0 Å². The van der Waals surface area contributed by atoms with Crippen molar-refractivity contribution in [3.8, 4) is 0 Å². The van der Waals surface area contributed by atoms with Gasteiger partial charge in [-0.1, -0.05) is 0 Å². The summed E-state index contributed by atoms with van der Waals surface area (Å²) in [6.07, 6.45) is 3.03. The Hall–Kier alpha value is -0.610. The van der Waals surface area contributed by atoms with Gasteiger partial charge in [-0.05, 0) is 32.7 Å². The van der Waals surface area contributed by atoms with E-state index in [9.17, 15) is 4.79 Å².